The fourth-order valence-corrected chi connectivity index (χ4v) is 2.88. The molecule has 0 saturated carbocycles. The van der Waals surface area contributed by atoms with Crippen molar-refractivity contribution in [1.82, 2.24) is 14.7 Å². The first-order valence-corrected chi connectivity index (χ1v) is 6.80. The molecule has 1 atom stereocenters. The average molecular weight is 225 g/mol. The van der Waals surface area contributed by atoms with Gasteiger partial charge in [0.05, 0.1) is 0 Å². The van der Waals surface area contributed by atoms with Crippen LogP contribution in [0.5, 0.6) is 0 Å². The van der Waals surface area contributed by atoms with Crippen LogP contribution in [-0.4, -0.2) is 73.6 Å². The molecule has 3 nitrogen and oxygen atoms in total. The van der Waals surface area contributed by atoms with E-state index in [2.05, 4.69) is 35.6 Å². The number of likely N-dealkylation sites (N-methyl/N-ethyl adjacent to an activating group) is 1. The summed E-state index contributed by atoms with van der Waals surface area (Å²) in [4.78, 5) is 7.72. The maximum absolute atomic E-state index is 2.66. The van der Waals surface area contributed by atoms with Gasteiger partial charge in [-0.05, 0) is 39.8 Å². The highest BCUT2D eigenvalue weighted by atomic mass is 15.3. The maximum atomic E-state index is 2.66. The molecule has 0 unspecified atom stereocenters. The molecule has 2 fully saturated rings. The Hall–Kier alpha value is -0.120. The summed E-state index contributed by atoms with van der Waals surface area (Å²) in [7, 11) is 2.23. The Labute approximate surface area is 100 Å². The molecule has 2 heterocycles. The first-order chi connectivity index (χ1) is 7.65. The second-order valence-electron chi connectivity index (χ2n) is 5.85. The van der Waals surface area contributed by atoms with Crippen molar-refractivity contribution in [3.05, 3.63) is 0 Å². The molecule has 0 bridgehead atoms. The van der Waals surface area contributed by atoms with Gasteiger partial charge in [-0.25, -0.2) is 0 Å². The summed E-state index contributed by atoms with van der Waals surface area (Å²) in [6.07, 6.45) is 1.41. The zero-order valence-electron chi connectivity index (χ0n) is 11.2. The van der Waals surface area contributed by atoms with Crippen molar-refractivity contribution in [3.8, 4) is 0 Å². The lowest BCUT2D eigenvalue weighted by molar-refractivity contribution is 0.135. The summed E-state index contributed by atoms with van der Waals surface area (Å²) in [5.41, 5.74) is 0. The van der Waals surface area contributed by atoms with E-state index in [1.807, 2.05) is 0 Å². The van der Waals surface area contributed by atoms with Crippen LogP contribution < -0.4 is 0 Å². The second-order valence-corrected chi connectivity index (χ2v) is 5.85. The van der Waals surface area contributed by atoms with Crippen LogP contribution in [0, 0.1) is 5.92 Å². The number of nitrogens with zero attached hydrogens (tertiary/aromatic N) is 3. The molecule has 0 aromatic rings. The minimum Gasteiger partial charge on any atom is -0.304 e. The van der Waals surface area contributed by atoms with Gasteiger partial charge in [-0.3, -0.25) is 0 Å². The second kappa shape index (κ2) is 5.48. The van der Waals surface area contributed by atoms with Gasteiger partial charge in [0.2, 0.25) is 0 Å². The fraction of sp³-hybridized carbons (Fsp3) is 1.00. The summed E-state index contributed by atoms with van der Waals surface area (Å²) >= 11 is 0. The lowest BCUT2D eigenvalue weighted by Gasteiger charge is -2.34. The van der Waals surface area contributed by atoms with E-state index in [9.17, 15) is 0 Å². The van der Waals surface area contributed by atoms with E-state index in [1.165, 1.54) is 52.2 Å². The molecular weight excluding hydrogens is 198 g/mol. The zero-order valence-corrected chi connectivity index (χ0v) is 11.2. The van der Waals surface area contributed by atoms with Crippen molar-refractivity contribution in [1.29, 1.82) is 0 Å². The number of rotatable bonds is 3. The smallest absolute Gasteiger partial charge is 0.0110 e. The predicted molar refractivity (Wildman–Crippen MR) is 68.8 cm³/mol. The summed E-state index contributed by atoms with van der Waals surface area (Å²) in [5.74, 6) is 0.922. The van der Waals surface area contributed by atoms with Crippen molar-refractivity contribution in [2.24, 2.45) is 5.92 Å². The van der Waals surface area contributed by atoms with Crippen LogP contribution in [0.25, 0.3) is 0 Å². The number of hydrogen-bond donors (Lipinski definition) is 0. The minimum atomic E-state index is 0.734. The molecular formula is C13H27N3. The fourth-order valence-electron chi connectivity index (χ4n) is 2.88. The third kappa shape index (κ3) is 3.19. The molecule has 0 N–H and O–H groups in total. The molecule has 2 aliphatic rings. The third-order valence-electron chi connectivity index (χ3n) is 4.16. The highest BCUT2D eigenvalue weighted by Gasteiger charge is 2.26. The molecule has 0 aromatic carbocycles. The van der Waals surface area contributed by atoms with Crippen molar-refractivity contribution < 1.29 is 0 Å². The third-order valence-corrected chi connectivity index (χ3v) is 4.16. The predicted octanol–water partition coefficient (Wildman–Crippen LogP) is 0.964. The van der Waals surface area contributed by atoms with E-state index in [0.29, 0.717) is 0 Å². The van der Waals surface area contributed by atoms with Crippen LogP contribution in [0.3, 0.4) is 0 Å². The normalized spacial score (nSPS) is 30.4. The molecule has 94 valence electrons. The van der Waals surface area contributed by atoms with Gasteiger partial charge >= 0.3 is 0 Å². The first-order valence-electron chi connectivity index (χ1n) is 6.80. The highest BCUT2D eigenvalue weighted by molar-refractivity contribution is 4.81. The molecule has 2 saturated heterocycles. The van der Waals surface area contributed by atoms with E-state index in [4.69, 9.17) is 0 Å². The number of likely N-dealkylation sites (tertiary alicyclic amines) is 1. The summed E-state index contributed by atoms with van der Waals surface area (Å²) in [5, 5.41) is 0. The van der Waals surface area contributed by atoms with Crippen molar-refractivity contribution in [2.45, 2.75) is 26.3 Å². The van der Waals surface area contributed by atoms with Crippen LogP contribution in [0.4, 0.5) is 0 Å². The number of hydrogen-bond acceptors (Lipinski definition) is 3. The molecule has 3 heteroatoms. The minimum absolute atomic E-state index is 0.734. The van der Waals surface area contributed by atoms with Crippen LogP contribution in [-0.2, 0) is 0 Å². The van der Waals surface area contributed by atoms with Crippen molar-refractivity contribution in [3.63, 3.8) is 0 Å². The Morgan fingerprint density at radius 3 is 2.31 bits per heavy atom. The highest BCUT2D eigenvalue weighted by Crippen LogP contribution is 2.19. The number of piperazine rings is 1. The van der Waals surface area contributed by atoms with Crippen LogP contribution in [0.1, 0.15) is 20.3 Å². The van der Waals surface area contributed by atoms with Crippen LogP contribution in [0.15, 0.2) is 0 Å². The Balaban J connectivity index is 1.71. The van der Waals surface area contributed by atoms with Gasteiger partial charge in [0.25, 0.3) is 0 Å². The van der Waals surface area contributed by atoms with E-state index in [0.717, 1.165) is 12.0 Å². The molecule has 0 amide bonds. The lowest BCUT2D eigenvalue weighted by Crippen LogP contribution is -2.46. The van der Waals surface area contributed by atoms with Crippen molar-refractivity contribution >= 4 is 0 Å². The largest absolute Gasteiger partial charge is 0.304 e. The van der Waals surface area contributed by atoms with Gasteiger partial charge in [0.15, 0.2) is 0 Å². The first kappa shape index (κ1) is 12.3. The topological polar surface area (TPSA) is 9.72 Å². The van der Waals surface area contributed by atoms with E-state index >= 15 is 0 Å². The monoisotopic (exact) mass is 225 g/mol. The molecule has 16 heavy (non-hydrogen) atoms. The van der Waals surface area contributed by atoms with Gasteiger partial charge in [-0.15, -0.1) is 0 Å². The summed E-state index contributed by atoms with van der Waals surface area (Å²) in [6, 6.07) is 0.734. The van der Waals surface area contributed by atoms with Crippen molar-refractivity contribution in [2.75, 3.05) is 52.9 Å². The Bertz CT molecular complexity index is 209. The molecule has 0 aliphatic carbocycles. The van der Waals surface area contributed by atoms with Crippen LogP contribution >= 0.6 is 0 Å². The molecule has 2 rings (SSSR count). The van der Waals surface area contributed by atoms with E-state index in [1.54, 1.807) is 0 Å². The molecule has 2 aliphatic heterocycles. The summed E-state index contributed by atoms with van der Waals surface area (Å²) in [6.45, 7) is 13.7. The molecule has 0 spiro atoms. The molecule has 0 aromatic heterocycles. The Kier molecular flexibility index (Phi) is 4.22. The lowest BCUT2D eigenvalue weighted by atomic mass is 10.1. The van der Waals surface area contributed by atoms with Gasteiger partial charge < -0.3 is 14.7 Å². The standard InChI is InChI=1S/C13H27N3/c1-12(2)16-5-4-13(11-16)10-15-8-6-14(3)7-9-15/h12-13H,4-11H2,1-3H3/t13-/m0/s1. The zero-order chi connectivity index (χ0) is 11.5. The quantitative estimate of drug-likeness (QED) is 0.708. The van der Waals surface area contributed by atoms with Gasteiger partial charge in [-0.2, -0.15) is 0 Å². The SMILES string of the molecule is CC(C)N1CC[C@@H](CN2CCN(C)CC2)C1. The van der Waals surface area contributed by atoms with Gasteiger partial charge in [-0.1, -0.05) is 0 Å². The van der Waals surface area contributed by atoms with E-state index < -0.39 is 0 Å². The summed E-state index contributed by atoms with van der Waals surface area (Å²) < 4.78 is 0. The molecule has 0 radical (unpaired) electrons. The Morgan fingerprint density at radius 1 is 1.06 bits per heavy atom. The van der Waals surface area contributed by atoms with Gasteiger partial charge in [0.1, 0.15) is 0 Å². The van der Waals surface area contributed by atoms with Gasteiger partial charge in [0, 0.05) is 45.3 Å². The maximum Gasteiger partial charge on any atom is 0.0110 e. The Morgan fingerprint density at radius 2 is 1.75 bits per heavy atom. The van der Waals surface area contributed by atoms with Crippen LogP contribution in [0.2, 0.25) is 0 Å². The van der Waals surface area contributed by atoms with E-state index in [-0.39, 0.29) is 0 Å². The average Bonchev–Trinajstić information content (AvgIpc) is 2.70.